The SMILES string of the molecule is O=C(Nc1cccc([N+](=O)[O-])c1)c1cccc(Oc2ccccc2)c1. The Morgan fingerprint density at radius 1 is 0.880 bits per heavy atom. The molecule has 124 valence electrons. The Balaban J connectivity index is 1.75. The van der Waals surface area contributed by atoms with Crippen molar-refractivity contribution in [2.75, 3.05) is 5.32 Å². The van der Waals surface area contributed by atoms with Crippen LogP contribution in [0, 0.1) is 10.1 Å². The summed E-state index contributed by atoms with van der Waals surface area (Å²) in [6.07, 6.45) is 0. The molecule has 0 aliphatic rings. The van der Waals surface area contributed by atoms with Gasteiger partial charge in [-0.05, 0) is 36.4 Å². The number of carbonyl (C=O) groups excluding carboxylic acids is 1. The van der Waals surface area contributed by atoms with Crippen LogP contribution >= 0.6 is 0 Å². The highest BCUT2D eigenvalue weighted by molar-refractivity contribution is 6.04. The number of nitrogens with zero attached hydrogens (tertiary/aromatic N) is 1. The molecule has 1 amide bonds. The van der Waals surface area contributed by atoms with Gasteiger partial charge in [-0.1, -0.05) is 30.3 Å². The number of hydrogen-bond acceptors (Lipinski definition) is 4. The third-order valence-corrected chi connectivity index (χ3v) is 3.39. The maximum absolute atomic E-state index is 12.4. The van der Waals surface area contributed by atoms with Crippen LogP contribution in [0.2, 0.25) is 0 Å². The molecular formula is C19H14N2O4. The van der Waals surface area contributed by atoms with Crippen LogP contribution in [0.25, 0.3) is 0 Å². The first-order valence-corrected chi connectivity index (χ1v) is 7.50. The van der Waals surface area contributed by atoms with Crippen molar-refractivity contribution in [3.8, 4) is 11.5 Å². The molecule has 0 fully saturated rings. The topological polar surface area (TPSA) is 81.5 Å². The molecule has 1 N–H and O–H groups in total. The molecule has 6 nitrogen and oxygen atoms in total. The van der Waals surface area contributed by atoms with Crippen LogP contribution in [0.1, 0.15) is 10.4 Å². The molecule has 0 saturated carbocycles. The van der Waals surface area contributed by atoms with Crippen molar-refractivity contribution in [3.63, 3.8) is 0 Å². The highest BCUT2D eigenvalue weighted by Gasteiger charge is 2.10. The summed E-state index contributed by atoms with van der Waals surface area (Å²) in [7, 11) is 0. The number of para-hydroxylation sites is 1. The molecule has 0 aliphatic heterocycles. The van der Waals surface area contributed by atoms with Gasteiger partial charge < -0.3 is 10.1 Å². The van der Waals surface area contributed by atoms with E-state index in [-0.39, 0.29) is 11.6 Å². The molecule has 3 aromatic rings. The van der Waals surface area contributed by atoms with Crippen molar-refractivity contribution in [2.24, 2.45) is 0 Å². The summed E-state index contributed by atoms with van der Waals surface area (Å²) in [6, 6.07) is 21.7. The molecule has 0 aromatic heterocycles. The van der Waals surface area contributed by atoms with E-state index in [0.29, 0.717) is 22.7 Å². The predicted octanol–water partition coefficient (Wildman–Crippen LogP) is 4.64. The molecular weight excluding hydrogens is 320 g/mol. The molecule has 0 atom stereocenters. The zero-order valence-electron chi connectivity index (χ0n) is 13.1. The van der Waals surface area contributed by atoms with Crippen LogP contribution in [0.5, 0.6) is 11.5 Å². The fraction of sp³-hybridized carbons (Fsp3) is 0. The average molecular weight is 334 g/mol. The van der Waals surface area contributed by atoms with Crippen LogP contribution in [0.4, 0.5) is 11.4 Å². The van der Waals surface area contributed by atoms with Gasteiger partial charge in [-0.25, -0.2) is 0 Å². The highest BCUT2D eigenvalue weighted by Crippen LogP contribution is 2.23. The predicted molar refractivity (Wildman–Crippen MR) is 94.0 cm³/mol. The summed E-state index contributed by atoms with van der Waals surface area (Å²) in [5.41, 5.74) is 0.660. The van der Waals surface area contributed by atoms with E-state index in [1.807, 2.05) is 30.3 Å². The zero-order chi connectivity index (χ0) is 17.6. The number of non-ortho nitro benzene ring substituents is 1. The average Bonchev–Trinajstić information content (AvgIpc) is 2.63. The maximum Gasteiger partial charge on any atom is 0.271 e. The number of nitrogens with one attached hydrogen (secondary N) is 1. The number of amides is 1. The van der Waals surface area contributed by atoms with Crippen LogP contribution in [0.15, 0.2) is 78.9 Å². The molecule has 0 unspecified atom stereocenters. The van der Waals surface area contributed by atoms with Gasteiger partial charge in [-0.2, -0.15) is 0 Å². The Bertz CT molecular complexity index is 910. The molecule has 3 aromatic carbocycles. The van der Waals surface area contributed by atoms with Crippen LogP contribution in [-0.2, 0) is 0 Å². The van der Waals surface area contributed by atoms with Crippen LogP contribution < -0.4 is 10.1 Å². The Morgan fingerprint density at radius 3 is 2.36 bits per heavy atom. The Labute approximate surface area is 143 Å². The summed E-state index contributed by atoms with van der Waals surface area (Å²) in [5, 5.41) is 13.4. The number of anilines is 1. The Morgan fingerprint density at radius 2 is 1.60 bits per heavy atom. The first kappa shape index (κ1) is 16.2. The van der Waals surface area contributed by atoms with Crippen molar-refractivity contribution >= 4 is 17.3 Å². The zero-order valence-corrected chi connectivity index (χ0v) is 13.1. The fourth-order valence-corrected chi connectivity index (χ4v) is 2.23. The lowest BCUT2D eigenvalue weighted by molar-refractivity contribution is -0.384. The highest BCUT2D eigenvalue weighted by atomic mass is 16.6. The molecule has 0 bridgehead atoms. The standard InChI is InChI=1S/C19H14N2O4/c22-19(20-15-7-5-8-16(13-15)21(23)24)14-6-4-11-18(12-14)25-17-9-2-1-3-10-17/h1-13H,(H,20,22). The fourth-order valence-electron chi connectivity index (χ4n) is 2.23. The molecule has 0 radical (unpaired) electrons. The van der Waals surface area contributed by atoms with Gasteiger partial charge in [0.25, 0.3) is 11.6 Å². The minimum absolute atomic E-state index is 0.0843. The van der Waals surface area contributed by atoms with Crippen molar-refractivity contribution in [3.05, 3.63) is 94.5 Å². The van der Waals surface area contributed by atoms with Gasteiger partial charge in [0.1, 0.15) is 11.5 Å². The lowest BCUT2D eigenvalue weighted by Crippen LogP contribution is -2.11. The second-order valence-electron chi connectivity index (χ2n) is 5.20. The van der Waals surface area contributed by atoms with Gasteiger partial charge in [0, 0.05) is 23.4 Å². The minimum atomic E-state index is -0.510. The van der Waals surface area contributed by atoms with Crippen molar-refractivity contribution < 1.29 is 14.5 Å². The summed E-state index contributed by atoms with van der Waals surface area (Å²) in [6.45, 7) is 0. The molecule has 0 heterocycles. The number of rotatable bonds is 5. The number of ether oxygens (including phenoxy) is 1. The van der Waals surface area contributed by atoms with E-state index in [2.05, 4.69) is 5.32 Å². The quantitative estimate of drug-likeness (QED) is 0.544. The third kappa shape index (κ3) is 4.20. The minimum Gasteiger partial charge on any atom is -0.457 e. The molecule has 0 saturated heterocycles. The molecule has 6 heteroatoms. The number of nitro benzene ring substituents is 1. The van der Waals surface area contributed by atoms with Gasteiger partial charge >= 0.3 is 0 Å². The lowest BCUT2D eigenvalue weighted by atomic mass is 10.2. The summed E-state index contributed by atoms with van der Waals surface area (Å²) < 4.78 is 5.70. The van der Waals surface area contributed by atoms with Crippen LogP contribution in [-0.4, -0.2) is 10.8 Å². The second-order valence-corrected chi connectivity index (χ2v) is 5.20. The monoisotopic (exact) mass is 334 g/mol. The lowest BCUT2D eigenvalue weighted by Gasteiger charge is -2.08. The number of hydrogen-bond donors (Lipinski definition) is 1. The second kappa shape index (κ2) is 7.27. The van der Waals surface area contributed by atoms with Gasteiger partial charge in [-0.15, -0.1) is 0 Å². The summed E-state index contributed by atoms with van der Waals surface area (Å²) in [4.78, 5) is 22.7. The Hall–Kier alpha value is -3.67. The third-order valence-electron chi connectivity index (χ3n) is 3.39. The smallest absolute Gasteiger partial charge is 0.271 e. The summed E-state index contributed by atoms with van der Waals surface area (Å²) >= 11 is 0. The van der Waals surface area contributed by atoms with E-state index in [1.165, 1.54) is 18.2 Å². The van der Waals surface area contributed by atoms with E-state index < -0.39 is 4.92 Å². The number of benzene rings is 3. The van der Waals surface area contributed by atoms with Gasteiger partial charge in [0.15, 0.2) is 0 Å². The Kier molecular flexibility index (Phi) is 4.71. The molecule has 3 rings (SSSR count). The van der Waals surface area contributed by atoms with Crippen LogP contribution in [0.3, 0.4) is 0 Å². The van der Waals surface area contributed by atoms with Crippen molar-refractivity contribution in [1.82, 2.24) is 0 Å². The van der Waals surface area contributed by atoms with Gasteiger partial charge in [-0.3, -0.25) is 14.9 Å². The molecule has 0 spiro atoms. The first-order chi connectivity index (χ1) is 12.1. The van der Waals surface area contributed by atoms with E-state index >= 15 is 0 Å². The van der Waals surface area contributed by atoms with Gasteiger partial charge in [0.2, 0.25) is 0 Å². The van der Waals surface area contributed by atoms with Crippen molar-refractivity contribution in [2.45, 2.75) is 0 Å². The largest absolute Gasteiger partial charge is 0.457 e. The van der Waals surface area contributed by atoms with E-state index in [1.54, 1.807) is 30.3 Å². The maximum atomic E-state index is 12.4. The van der Waals surface area contributed by atoms with E-state index in [4.69, 9.17) is 4.74 Å². The number of nitro groups is 1. The van der Waals surface area contributed by atoms with Crippen molar-refractivity contribution in [1.29, 1.82) is 0 Å². The summed E-state index contributed by atoms with van der Waals surface area (Å²) in [5.74, 6) is 0.815. The molecule has 25 heavy (non-hydrogen) atoms. The first-order valence-electron chi connectivity index (χ1n) is 7.50. The normalized spacial score (nSPS) is 10.1. The number of carbonyl (C=O) groups is 1. The van der Waals surface area contributed by atoms with E-state index in [0.717, 1.165) is 0 Å². The van der Waals surface area contributed by atoms with Gasteiger partial charge in [0.05, 0.1) is 4.92 Å². The molecule has 0 aliphatic carbocycles. The van der Waals surface area contributed by atoms with E-state index in [9.17, 15) is 14.9 Å².